The molecule has 0 amide bonds. The Hall–Kier alpha value is -3.54. The second-order valence-electron chi connectivity index (χ2n) is 8.00. The maximum atomic E-state index is 13.0. The normalized spacial score (nSPS) is 13.5. The smallest absolute Gasteiger partial charge is 0.349 e. The first kappa shape index (κ1) is 22.6. The number of aromatic nitrogens is 4. The Kier molecular flexibility index (Phi) is 5.78. The average Bonchev–Trinajstić information content (AvgIpc) is 2.95. The summed E-state index contributed by atoms with van der Waals surface area (Å²) >= 11 is 1.04. The quantitative estimate of drug-likeness (QED) is 0.426. The van der Waals surface area contributed by atoms with E-state index in [9.17, 15) is 24.0 Å². The van der Waals surface area contributed by atoms with Crippen molar-refractivity contribution in [3.05, 3.63) is 53.0 Å². The summed E-state index contributed by atoms with van der Waals surface area (Å²) in [6.45, 7) is 1.49. The molecule has 1 aliphatic rings. The van der Waals surface area contributed by atoms with Crippen LogP contribution >= 0.6 is 11.3 Å². The summed E-state index contributed by atoms with van der Waals surface area (Å²) in [5.41, 5.74) is 4.08. The standard InChI is InChI=1S/C21H23N5O6S/c1-10-13-17(23-12-7-5-4-6-8-26(12)19(13)29)33-15(10)20(30)32-9-11(27)14-16(22)24(2)21(31)25(3)18(14)28/h4-9,22H2,1-3H3. The first-order valence-corrected chi connectivity index (χ1v) is 11.2. The molecule has 1 aliphatic heterocycles. The van der Waals surface area contributed by atoms with Gasteiger partial charge in [-0.3, -0.25) is 28.1 Å². The van der Waals surface area contributed by atoms with Crippen molar-refractivity contribution in [2.75, 3.05) is 12.3 Å². The highest BCUT2D eigenvalue weighted by Gasteiger charge is 2.25. The van der Waals surface area contributed by atoms with Crippen LogP contribution in [0.1, 0.15) is 50.7 Å². The number of ketones is 1. The molecule has 33 heavy (non-hydrogen) atoms. The van der Waals surface area contributed by atoms with Gasteiger partial charge in [0.1, 0.15) is 26.9 Å². The molecule has 4 heterocycles. The Morgan fingerprint density at radius 3 is 2.55 bits per heavy atom. The molecule has 3 aromatic heterocycles. The van der Waals surface area contributed by atoms with Crippen molar-refractivity contribution < 1.29 is 14.3 Å². The summed E-state index contributed by atoms with van der Waals surface area (Å²) in [7, 11) is 2.55. The number of nitrogens with two attached hydrogens (primary N) is 1. The number of carbonyl (C=O) groups is 2. The molecular weight excluding hydrogens is 450 g/mol. The van der Waals surface area contributed by atoms with Gasteiger partial charge in [0.25, 0.3) is 11.1 Å². The van der Waals surface area contributed by atoms with Crippen LogP contribution in [-0.4, -0.2) is 37.0 Å². The lowest BCUT2D eigenvalue weighted by Crippen LogP contribution is -2.42. The van der Waals surface area contributed by atoms with E-state index in [2.05, 4.69) is 4.98 Å². The largest absolute Gasteiger partial charge is 0.453 e. The summed E-state index contributed by atoms with van der Waals surface area (Å²) in [6.07, 6.45) is 3.58. The molecule has 3 aromatic rings. The first-order chi connectivity index (χ1) is 15.6. The van der Waals surface area contributed by atoms with E-state index in [4.69, 9.17) is 10.5 Å². The number of aryl methyl sites for hydroxylation is 2. The highest BCUT2D eigenvalue weighted by molar-refractivity contribution is 7.20. The number of esters is 1. The van der Waals surface area contributed by atoms with Crippen molar-refractivity contribution >= 4 is 39.1 Å². The van der Waals surface area contributed by atoms with Gasteiger partial charge in [-0.1, -0.05) is 6.42 Å². The average molecular weight is 474 g/mol. The van der Waals surface area contributed by atoms with Gasteiger partial charge in [0.05, 0.1) is 5.39 Å². The van der Waals surface area contributed by atoms with Crippen LogP contribution in [-0.2, 0) is 31.8 Å². The number of nitrogen functional groups attached to an aromatic ring is 1. The van der Waals surface area contributed by atoms with Crippen LogP contribution < -0.4 is 22.5 Å². The van der Waals surface area contributed by atoms with Gasteiger partial charge in [-0.15, -0.1) is 11.3 Å². The van der Waals surface area contributed by atoms with Crippen molar-refractivity contribution in [3.63, 3.8) is 0 Å². The van der Waals surface area contributed by atoms with E-state index in [-0.39, 0.29) is 16.3 Å². The molecule has 0 atom stereocenters. The SMILES string of the molecule is Cc1c(C(=O)OCC(=O)c2c(N)n(C)c(=O)n(C)c2=O)sc2nc3n(c(=O)c12)CCCCC3. The summed E-state index contributed by atoms with van der Waals surface area (Å²) in [5.74, 6) is -1.23. The lowest BCUT2D eigenvalue weighted by atomic mass is 10.2. The van der Waals surface area contributed by atoms with Crippen molar-refractivity contribution in [3.8, 4) is 0 Å². The molecule has 174 valence electrons. The number of anilines is 1. The van der Waals surface area contributed by atoms with Crippen LogP contribution in [0.3, 0.4) is 0 Å². The van der Waals surface area contributed by atoms with Crippen LogP contribution in [0, 0.1) is 6.92 Å². The van der Waals surface area contributed by atoms with Gasteiger partial charge in [-0.2, -0.15) is 0 Å². The fourth-order valence-corrected chi connectivity index (χ4v) is 5.08. The van der Waals surface area contributed by atoms with E-state index < -0.39 is 35.2 Å². The van der Waals surface area contributed by atoms with E-state index >= 15 is 0 Å². The van der Waals surface area contributed by atoms with Gasteiger partial charge in [-0.25, -0.2) is 14.6 Å². The molecular formula is C21H23N5O6S. The van der Waals surface area contributed by atoms with Gasteiger partial charge in [0.15, 0.2) is 6.61 Å². The Morgan fingerprint density at radius 2 is 1.82 bits per heavy atom. The fourth-order valence-electron chi connectivity index (χ4n) is 4.00. The predicted octanol–water partition coefficient (Wildman–Crippen LogP) is 0.512. The molecule has 0 saturated carbocycles. The number of nitrogens with zero attached hydrogens (tertiary/aromatic N) is 4. The third-order valence-electron chi connectivity index (χ3n) is 5.92. The number of fused-ring (bicyclic) bond motifs is 2. The third kappa shape index (κ3) is 3.69. The molecule has 11 nitrogen and oxygen atoms in total. The second-order valence-corrected chi connectivity index (χ2v) is 9.00. The summed E-state index contributed by atoms with van der Waals surface area (Å²) in [5, 5.41) is 0.375. The summed E-state index contributed by atoms with van der Waals surface area (Å²) in [4.78, 5) is 67.9. The minimum atomic E-state index is -0.867. The van der Waals surface area contributed by atoms with Gasteiger partial charge < -0.3 is 10.5 Å². The zero-order valence-electron chi connectivity index (χ0n) is 18.5. The molecule has 0 saturated heterocycles. The van der Waals surface area contributed by atoms with Gasteiger partial charge in [0.2, 0.25) is 5.78 Å². The third-order valence-corrected chi connectivity index (χ3v) is 7.09. The van der Waals surface area contributed by atoms with Crippen molar-refractivity contribution in [1.82, 2.24) is 18.7 Å². The minimum Gasteiger partial charge on any atom is -0.453 e. The van der Waals surface area contributed by atoms with Crippen LogP contribution in [0.15, 0.2) is 14.4 Å². The highest BCUT2D eigenvalue weighted by Crippen LogP contribution is 2.29. The molecule has 4 rings (SSSR count). The zero-order valence-corrected chi connectivity index (χ0v) is 19.3. The van der Waals surface area contributed by atoms with Crippen LogP contribution in [0.2, 0.25) is 0 Å². The van der Waals surface area contributed by atoms with Gasteiger partial charge >= 0.3 is 11.7 Å². The molecule has 0 radical (unpaired) electrons. The monoisotopic (exact) mass is 473 g/mol. The van der Waals surface area contributed by atoms with Crippen molar-refractivity contribution in [2.45, 2.75) is 39.2 Å². The number of carbonyl (C=O) groups excluding carboxylic acids is 2. The molecule has 12 heteroatoms. The molecule has 0 aromatic carbocycles. The Labute approximate surface area is 191 Å². The molecule has 0 fully saturated rings. The van der Waals surface area contributed by atoms with E-state index in [1.54, 1.807) is 11.5 Å². The fraction of sp³-hybridized carbons (Fsp3) is 0.429. The van der Waals surface area contributed by atoms with Gasteiger partial charge in [-0.05, 0) is 25.3 Å². The number of hydrogen-bond acceptors (Lipinski definition) is 9. The molecule has 2 N–H and O–H groups in total. The second kappa shape index (κ2) is 8.43. The number of Topliss-reactive ketones (excluding diaryl/α,β-unsaturated/α-hetero) is 1. The maximum absolute atomic E-state index is 13.0. The highest BCUT2D eigenvalue weighted by atomic mass is 32.1. The molecule has 0 bridgehead atoms. The molecule has 0 unspecified atom stereocenters. The van der Waals surface area contributed by atoms with Crippen LogP contribution in [0.5, 0.6) is 0 Å². The minimum absolute atomic E-state index is 0.171. The number of hydrogen-bond donors (Lipinski definition) is 1. The van der Waals surface area contributed by atoms with Crippen molar-refractivity contribution in [2.24, 2.45) is 14.1 Å². The van der Waals surface area contributed by atoms with E-state index in [0.717, 1.165) is 39.7 Å². The lowest BCUT2D eigenvalue weighted by Gasteiger charge is -2.10. The Balaban J connectivity index is 1.63. The Bertz CT molecular complexity index is 1490. The van der Waals surface area contributed by atoms with Crippen LogP contribution in [0.4, 0.5) is 5.82 Å². The number of rotatable bonds is 4. The zero-order chi connectivity index (χ0) is 24.0. The number of thiophene rings is 1. The first-order valence-electron chi connectivity index (χ1n) is 10.4. The summed E-state index contributed by atoms with van der Waals surface area (Å²) in [6, 6.07) is 0. The lowest BCUT2D eigenvalue weighted by molar-refractivity contribution is 0.0478. The van der Waals surface area contributed by atoms with E-state index in [0.29, 0.717) is 34.6 Å². The van der Waals surface area contributed by atoms with Crippen molar-refractivity contribution in [1.29, 1.82) is 0 Å². The Morgan fingerprint density at radius 1 is 1.09 bits per heavy atom. The topological polar surface area (TPSA) is 148 Å². The van der Waals surface area contributed by atoms with E-state index in [1.165, 1.54) is 14.1 Å². The molecule has 0 spiro atoms. The summed E-state index contributed by atoms with van der Waals surface area (Å²) < 4.78 is 8.55. The van der Waals surface area contributed by atoms with E-state index in [1.807, 2.05) is 0 Å². The molecule has 0 aliphatic carbocycles. The van der Waals surface area contributed by atoms with Crippen LogP contribution in [0.25, 0.3) is 10.2 Å². The maximum Gasteiger partial charge on any atom is 0.349 e. The van der Waals surface area contributed by atoms with Gasteiger partial charge in [0, 0.05) is 27.1 Å². The predicted molar refractivity (Wildman–Crippen MR) is 122 cm³/mol. The number of ether oxygens (including phenoxy) is 1.